The second-order valence-electron chi connectivity index (χ2n) is 6.86. The van der Waals surface area contributed by atoms with Crippen LogP contribution in [0.25, 0.3) is 5.69 Å². The Kier molecular flexibility index (Phi) is 4.93. The molecule has 3 aromatic rings. The first-order chi connectivity index (χ1) is 13.1. The average Bonchev–Trinajstić information content (AvgIpc) is 2.90. The normalized spacial score (nSPS) is 13.1. The lowest BCUT2D eigenvalue weighted by molar-refractivity contribution is 0.392. The van der Waals surface area contributed by atoms with Crippen LogP contribution in [0.4, 0.5) is 0 Å². The van der Waals surface area contributed by atoms with Crippen LogP contribution < -0.4 is 0 Å². The number of aryl methyl sites for hydroxylation is 1. The van der Waals surface area contributed by atoms with E-state index in [0.29, 0.717) is 6.54 Å². The third-order valence-corrected chi connectivity index (χ3v) is 5.34. The summed E-state index contributed by atoms with van der Waals surface area (Å²) in [6, 6.07) is 12.2. The van der Waals surface area contributed by atoms with Crippen LogP contribution in [0.2, 0.25) is 0 Å². The van der Waals surface area contributed by atoms with Gasteiger partial charge in [0.05, 0.1) is 35.0 Å². The summed E-state index contributed by atoms with van der Waals surface area (Å²) in [6.07, 6.45) is 2.72. The quantitative estimate of drug-likeness (QED) is 0.636. The van der Waals surface area contributed by atoms with Gasteiger partial charge in [-0.05, 0) is 44.8 Å². The van der Waals surface area contributed by atoms with Crippen LogP contribution in [-0.4, -0.2) is 39.2 Å². The van der Waals surface area contributed by atoms with Crippen molar-refractivity contribution < 1.29 is 0 Å². The Labute approximate surface area is 167 Å². The summed E-state index contributed by atoms with van der Waals surface area (Å²) in [6.45, 7) is 3.53. The van der Waals surface area contributed by atoms with Crippen molar-refractivity contribution in [2.75, 3.05) is 14.1 Å². The van der Waals surface area contributed by atoms with E-state index >= 15 is 0 Å². The monoisotopic (exact) mass is 423 g/mol. The second kappa shape index (κ2) is 7.37. The van der Waals surface area contributed by atoms with E-state index in [1.54, 1.807) is 0 Å². The topological polar surface area (TPSA) is 46.3 Å². The van der Waals surface area contributed by atoms with Gasteiger partial charge in [-0.3, -0.25) is 14.5 Å². The predicted molar refractivity (Wildman–Crippen MR) is 112 cm³/mol. The van der Waals surface area contributed by atoms with E-state index in [1.807, 2.05) is 24.4 Å². The molecule has 2 aromatic heterocycles. The fraction of sp³-hybridized carbons (Fsp3) is 0.286. The smallest absolute Gasteiger partial charge is 0.135 e. The van der Waals surface area contributed by atoms with Gasteiger partial charge in [-0.2, -0.15) is 0 Å². The molecule has 1 aliphatic rings. The third kappa shape index (κ3) is 3.24. The van der Waals surface area contributed by atoms with Crippen LogP contribution in [-0.2, 0) is 19.5 Å². The van der Waals surface area contributed by atoms with Gasteiger partial charge in [-0.15, -0.1) is 0 Å². The van der Waals surface area contributed by atoms with E-state index in [4.69, 9.17) is 9.98 Å². The highest BCUT2D eigenvalue weighted by Gasteiger charge is 2.26. The molecule has 6 heteroatoms. The number of halogens is 1. The second-order valence-corrected chi connectivity index (χ2v) is 7.72. The fourth-order valence-electron chi connectivity index (χ4n) is 3.56. The van der Waals surface area contributed by atoms with Crippen molar-refractivity contribution in [3.05, 3.63) is 75.5 Å². The van der Waals surface area contributed by atoms with Gasteiger partial charge < -0.3 is 4.90 Å². The lowest BCUT2D eigenvalue weighted by atomic mass is 10.0. The number of imidazole rings is 1. The first-order valence-corrected chi connectivity index (χ1v) is 9.88. The minimum absolute atomic E-state index is 0.535. The van der Waals surface area contributed by atoms with Gasteiger partial charge in [-0.1, -0.05) is 35.0 Å². The summed E-state index contributed by atoms with van der Waals surface area (Å²) < 4.78 is 3.30. The fourth-order valence-corrected chi connectivity index (χ4v) is 4.11. The van der Waals surface area contributed by atoms with Gasteiger partial charge in [-0.25, -0.2) is 4.98 Å². The number of aliphatic imine (C=N–C) groups is 1. The zero-order valence-electron chi connectivity index (χ0n) is 15.8. The van der Waals surface area contributed by atoms with Crippen molar-refractivity contribution in [3.8, 4) is 5.69 Å². The molecule has 27 heavy (non-hydrogen) atoms. The van der Waals surface area contributed by atoms with Gasteiger partial charge in [0.2, 0.25) is 0 Å². The van der Waals surface area contributed by atoms with Crippen molar-refractivity contribution >= 4 is 21.6 Å². The third-order valence-electron chi connectivity index (χ3n) is 4.68. The molecule has 3 heterocycles. The summed E-state index contributed by atoms with van der Waals surface area (Å²) in [5.41, 5.74) is 6.31. The number of fused-ring (bicyclic) bond motifs is 3. The Morgan fingerprint density at radius 3 is 2.70 bits per heavy atom. The number of pyridine rings is 1. The number of hydrogen-bond donors (Lipinski definition) is 0. The van der Waals surface area contributed by atoms with Crippen LogP contribution in [0, 0.1) is 0 Å². The Morgan fingerprint density at radius 1 is 1.15 bits per heavy atom. The van der Waals surface area contributed by atoms with E-state index in [0.717, 1.165) is 51.6 Å². The first kappa shape index (κ1) is 18.1. The van der Waals surface area contributed by atoms with Gasteiger partial charge in [0.1, 0.15) is 5.82 Å². The molecule has 0 unspecified atom stereocenters. The minimum atomic E-state index is 0.535. The molecule has 0 amide bonds. The number of nitrogens with zero attached hydrogens (tertiary/aromatic N) is 5. The van der Waals surface area contributed by atoms with Crippen molar-refractivity contribution in [1.82, 2.24) is 19.4 Å². The molecule has 0 saturated carbocycles. The van der Waals surface area contributed by atoms with E-state index in [1.165, 1.54) is 5.69 Å². The van der Waals surface area contributed by atoms with E-state index in [-0.39, 0.29) is 0 Å². The molecule has 1 aliphatic heterocycles. The van der Waals surface area contributed by atoms with Crippen molar-refractivity contribution in [3.63, 3.8) is 0 Å². The molecule has 0 aliphatic carbocycles. The van der Waals surface area contributed by atoms with Crippen LogP contribution >= 0.6 is 15.9 Å². The number of benzene rings is 1. The van der Waals surface area contributed by atoms with Crippen LogP contribution in [0.1, 0.15) is 35.4 Å². The molecule has 5 nitrogen and oxygen atoms in total. The number of hydrogen-bond acceptors (Lipinski definition) is 4. The standard InChI is InChI=1S/C21H22BrN5/c1-4-15-18(13-26(2)3)27-17-10-7-8-14(22)20(17)21(24-12-19(27)25-15)16-9-5-6-11-23-16/h5-11H,4,12-13H2,1-3H3. The maximum absolute atomic E-state index is 4.93. The highest BCUT2D eigenvalue weighted by molar-refractivity contribution is 9.10. The van der Waals surface area contributed by atoms with E-state index < -0.39 is 0 Å². The lowest BCUT2D eigenvalue weighted by Gasteiger charge is -2.18. The maximum Gasteiger partial charge on any atom is 0.135 e. The van der Waals surface area contributed by atoms with Crippen molar-refractivity contribution in [2.45, 2.75) is 26.4 Å². The molecular weight excluding hydrogens is 402 g/mol. The van der Waals surface area contributed by atoms with E-state index in [9.17, 15) is 0 Å². The zero-order valence-corrected chi connectivity index (χ0v) is 17.4. The minimum Gasteiger partial charge on any atom is -0.304 e. The summed E-state index contributed by atoms with van der Waals surface area (Å²) in [7, 11) is 4.18. The first-order valence-electron chi connectivity index (χ1n) is 9.09. The molecular formula is C21H22BrN5. The van der Waals surface area contributed by atoms with Gasteiger partial charge in [0.15, 0.2) is 0 Å². The van der Waals surface area contributed by atoms with Crippen LogP contribution in [0.5, 0.6) is 0 Å². The molecule has 0 N–H and O–H groups in total. The average molecular weight is 424 g/mol. The Morgan fingerprint density at radius 2 is 2.00 bits per heavy atom. The van der Waals surface area contributed by atoms with Crippen LogP contribution in [0.3, 0.4) is 0 Å². The highest BCUT2D eigenvalue weighted by Crippen LogP contribution is 2.32. The zero-order chi connectivity index (χ0) is 19.0. The SMILES string of the molecule is CCc1nc2n(c1CN(C)C)-c1cccc(Br)c1C(c1ccccn1)=NC2. The summed E-state index contributed by atoms with van der Waals surface area (Å²) >= 11 is 3.75. The number of aromatic nitrogens is 3. The molecule has 0 bridgehead atoms. The largest absolute Gasteiger partial charge is 0.304 e. The highest BCUT2D eigenvalue weighted by atomic mass is 79.9. The lowest BCUT2D eigenvalue weighted by Crippen LogP contribution is -2.17. The molecule has 138 valence electrons. The van der Waals surface area contributed by atoms with Gasteiger partial charge in [0.25, 0.3) is 0 Å². The molecule has 0 spiro atoms. The molecule has 4 rings (SSSR count). The summed E-state index contributed by atoms with van der Waals surface area (Å²) in [5.74, 6) is 0.981. The Hall–Kier alpha value is -2.31. The molecule has 1 aromatic carbocycles. The molecule has 0 atom stereocenters. The predicted octanol–water partition coefficient (Wildman–Crippen LogP) is 4.00. The van der Waals surface area contributed by atoms with Gasteiger partial charge in [0, 0.05) is 22.8 Å². The number of rotatable bonds is 4. The van der Waals surface area contributed by atoms with Crippen LogP contribution in [0.15, 0.2) is 52.1 Å². The van der Waals surface area contributed by atoms with Crippen molar-refractivity contribution in [2.24, 2.45) is 4.99 Å². The van der Waals surface area contributed by atoms with Gasteiger partial charge >= 0.3 is 0 Å². The maximum atomic E-state index is 4.93. The summed E-state index contributed by atoms with van der Waals surface area (Å²) in [4.78, 5) is 16.6. The molecule has 0 radical (unpaired) electrons. The molecule has 0 fully saturated rings. The van der Waals surface area contributed by atoms with Crippen molar-refractivity contribution in [1.29, 1.82) is 0 Å². The molecule has 0 saturated heterocycles. The Bertz CT molecular complexity index is 1000. The Balaban J connectivity index is 1.99. The van der Waals surface area contributed by atoms with E-state index in [2.05, 4.69) is 69.6 Å². The summed E-state index contributed by atoms with van der Waals surface area (Å²) in [5, 5.41) is 0.